The molecule has 1 unspecified atom stereocenters. The Bertz CT molecular complexity index is 433. The van der Waals surface area contributed by atoms with E-state index in [9.17, 15) is 5.11 Å². The average Bonchev–Trinajstić information content (AvgIpc) is 2.36. The molecule has 2 N–H and O–H groups in total. The zero-order chi connectivity index (χ0) is 14.3. The Morgan fingerprint density at radius 2 is 2.16 bits per heavy atom. The molecular formula is C15H22N2O2. The van der Waals surface area contributed by atoms with Gasteiger partial charge in [-0.15, -0.1) is 0 Å². The van der Waals surface area contributed by atoms with Gasteiger partial charge in [0.2, 0.25) is 0 Å². The summed E-state index contributed by atoms with van der Waals surface area (Å²) in [6, 6.07) is 9.52. The van der Waals surface area contributed by atoms with Gasteiger partial charge < -0.3 is 15.2 Å². The number of aliphatic hydroxyl groups is 1. The highest BCUT2D eigenvalue weighted by atomic mass is 16.5. The Morgan fingerprint density at radius 1 is 1.42 bits per heavy atom. The van der Waals surface area contributed by atoms with Crippen LogP contribution in [0.5, 0.6) is 0 Å². The smallest absolute Gasteiger partial charge is 0.0991 e. The lowest BCUT2D eigenvalue weighted by Gasteiger charge is -2.22. The molecule has 1 rings (SSSR count). The predicted octanol–water partition coefficient (Wildman–Crippen LogP) is 1.82. The summed E-state index contributed by atoms with van der Waals surface area (Å²) in [6.07, 6.45) is -0.529. The van der Waals surface area contributed by atoms with Gasteiger partial charge in [0.1, 0.15) is 0 Å². The number of aliphatic hydroxyl groups excluding tert-OH is 1. The van der Waals surface area contributed by atoms with Crippen molar-refractivity contribution in [1.29, 1.82) is 5.26 Å². The Labute approximate surface area is 115 Å². The third-order valence-electron chi connectivity index (χ3n) is 2.47. The van der Waals surface area contributed by atoms with Crippen LogP contribution in [-0.4, -0.2) is 30.0 Å². The Morgan fingerprint density at radius 3 is 2.79 bits per heavy atom. The summed E-state index contributed by atoms with van der Waals surface area (Å²) in [5.41, 5.74) is 1.45. The van der Waals surface area contributed by atoms with Crippen LogP contribution >= 0.6 is 0 Å². The first-order valence-corrected chi connectivity index (χ1v) is 6.42. The molecular weight excluding hydrogens is 240 g/mol. The maximum atomic E-state index is 9.75. The van der Waals surface area contributed by atoms with E-state index < -0.39 is 6.10 Å². The lowest BCUT2D eigenvalue weighted by molar-refractivity contribution is -0.0479. The molecule has 1 atom stereocenters. The van der Waals surface area contributed by atoms with Crippen molar-refractivity contribution in [2.75, 3.05) is 13.2 Å². The molecule has 0 aromatic heterocycles. The lowest BCUT2D eigenvalue weighted by atomic mass is 10.1. The summed E-state index contributed by atoms with van der Waals surface area (Å²) >= 11 is 0. The summed E-state index contributed by atoms with van der Waals surface area (Å²) in [7, 11) is 0. The zero-order valence-electron chi connectivity index (χ0n) is 11.8. The summed E-state index contributed by atoms with van der Waals surface area (Å²) in [6.45, 7) is 7.28. The molecule has 104 valence electrons. The molecule has 0 amide bonds. The first-order chi connectivity index (χ1) is 8.90. The SMILES string of the molecule is CC(C)(C)OCC(O)CNCc1cccc(C#N)c1. The van der Waals surface area contributed by atoms with Crippen molar-refractivity contribution < 1.29 is 9.84 Å². The van der Waals surface area contributed by atoms with E-state index in [0.717, 1.165) is 5.56 Å². The van der Waals surface area contributed by atoms with Gasteiger partial charge in [-0.2, -0.15) is 5.26 Å². The second-order valence-corrected chi connectivity index (χ2v) is 5.52. The number of nitriles is 1. The largest absolute Gasteiger partial charge is 0.389 e. The van der Waals surface area contributed by atoms with Crippen molar-refractivity contribution in [1.82, 2.24) is 5.32 Å². The molecule has 0 heterocycles. The quantitative estimate of drug-likeness (QED) is 0.821. The molecule has 0 aliphatic rings. The molecule has 0 spiro atoms. The first kappa shape index (κ1) is 15.6. The highest BCUT2D eigenvalue weighted by Crippen LogP contribution is 2.07. The maximum Gasteiger partial charge on any atom is 0.0991 e. The Kier molecular flexibility index (Phi) is 5.97. The summed E-state index contributed by atoms with van der Waals surface area (Å²) in [5.74, 6) is 0. The fourth-order valence-corrected chi connectivity index (χ4v) is 1.54. The molecule has 0 radical (unpaired) electrons. The minimum atomic E-state index is -0.529. The Balaban J connectivity index is 2.28. The fraction of sp³-hybridized carbons (Fsp3) is 0.533. The third kappa shape index (κ3) is 6.92. The highest BCUT2D eigenvalue weighted by Gasteiger charge is 2.13. The first-order valence-electron chi connectivity index (χ1n) is 6.42. The van der Waals surface area contributed by atoms with Crippen LogP contribution in [-0.2, 0) is 11.3 Å². The van der Waals surface area contributed by atoms with Crippen molar-refractivity contribution in [3.05, 3.63) is 35.4 Å². The van der Waals surface area contributed by atoms with Gasteiger partial charge in [-0.05, 0) is 38.5 Å². The number of ether oxygens (including phenoxy) is 1. The van der Waals surface area contributed by atoms with Gasteiger partial charge in [-0.25, -0.2) is 0 Å². The molecule has 1 aromatic carbocycles. The van der Waals surface area contributed by atoms with Gasteiger partial charge in [0.05, 0.1) is 29.9 Å². The van der Waals surface area contributed by atoms with Crippen LogP contribution in [0.3, 0.4) is 0 Å². The van der Waals surface area contributed by atoms with Gasteiger partial charge >= 0.3 is 0 Å². The minimum absolute atomic E-state index is 0.234. The standard InChI is InChI=1S/C15H22N2O2/c1-15(2,3)19-11-14(18)10-17-9-13-6-4-5-12(7-13)8-16/h4-7,14,17-18H,9-11H2,1-3H3. The number of nitrogens with one attached hydrogen (secondary N) is 1. The van der Waals surface area contributed by atoms with Crippen LogP contribution in [0.25, 0.3) is 0 Å². The number of rotatable bonds is 6. The predicted molar refractivity (Wildman–Crippen MR) is 74.6 cm³/mol. The van der Waals surface area contributed by atoms with Gasteiger partial charge in [0, 0.05) is 13.1 Å². The average molecular weight is 262 g/mol. The van der Waals surface area contributed by atoms with E-state index in [1.54, 1.807) is 6.07 Å². The van der Waals surface area contributed by atoms with E-state index in [4.69, 9.17) is 10.00 Å². The van der Waals surface area contributed by atoms with Crippen LogP contribution in [0.4, 0.5) is 0 Å². The number of hydrogen-bond acceptors (Lipinski definition) is 4. The van der Waals surface area contributed by atoms with Crippen molar-refractivity contribution >= 4 is 0 Å². The summed E-state index contributed by atoms with van der Waals surface area (Å²) in [4.78, 5) is 0. The van der Waals surface area contributed by atoms with E-state index in [1.165, 1.54) is 0 Å². The molecule has 1 aromatic rings. The molecule has 4 heteroatoms. The van der Waals surface area contributed by atoms with Crippen molar-refractivity contribution in [2.24, 2.45) is 0 Å². The molecule has 0 saturated carbocycles. The molecule has 4 nitrogen and oxygen atoms in total. The molecule has 0 bridgehead atoms. The minimum Gasteiger partial charge on any atom is -0.389 e. The van der Waals surface area contributed by atoms with Crippen molar-refractivity contribution in [3.8, 4) is 6.07 Å². The highest BCUT2D eigenvalue weighted by molar-refractivity contribution is 5.32. The van der Waals surface area contributed by atoms with Gasteiger partial charge in [-0.3, -0.25) is 0 Å². The number of hydrogen-bond donors (Lipinski definition) is 2. The van der Waals surface area contributed by atoms with E-state index >= 15 is 0 Å². The molecule has 19 heavy (non-hydrogen) atoms. The lowest BCUT2D eigenvalue weighted by Crippen LogP contribution is -2.33. The second kappa shape index (κ2) is 7.25. The van der Waals surface area contributed by atoms with Gasteiger partial charge in [-0.1, -0.05) is 12.1 Å². The van der Waals surface area contributed by atoms with Crippen LogP contribution in [0.2, 0.25) is 0 Å². The molecule has 0 saturated heterocycles. The van der Waals surface area contributed by atoms with Crippen molar-refractivity contribution in [3.63, 3.8) is 0 Å². The number of nitrogens with zero attached hydrogens (tertiary/aromatic N) is 1. The van der Waals surface area contributed by atoms with E-state index in [0.29, 0.717) is 25.3 Å². The molecule has 0 aliphatic carbocycles. The third-order valence-corrected chi connectivity index (χ3v) is 2.47. The van der Waals surface area contributed by atoms with Crippen molar-refractivity contribution in [2.45, 2.75) is 39.0 Å². The Hall–Kier alpha value is -1.41. The maximum absolute atomic E-state index is 9.75. The fourth-order valence-electron chi connectivity index (χ4n) is 1.54. The van der Waals surface area contributed by atoms with Gasteiger partial charge in [0.25, 0.3) is 0 Å². The van der Waals surface area contributed by atoms with Crippen LogP contribution in [0.15, 0.2) is 24.3 Å². The van der Waals surface area contributed by atoms with E-state index in [2.05, 4.69) is 11.4 Å². The van der Waals surface area contributed by atoms with Crippen LogP contribution < -0.4 is 5.32 Å². The topological polar surface area (TPSA) is 65.3 Å². The molecule has 0 aliphatic heterocycles. The van der Waals surface area contributed by atoms with Crippen LogP contribution in [0.1, 0.15) is 31.9 Å². The summed E-state index contributed by atoms with van der Waals surface area (Å²) in [5, 5.41) is 21.7. The molecule has 0 fully saturated rings. The van der Waals surface area contributed by atoms with Gasteiger partial charge in [0.15, 0.2) is 0 Å². The normalized spacial score (nSPS) is 13.0. The van der Waals surface area contributed by atoms with E-state index in [-0.39, 0.29) is 5.60 Å². The van der Waals surface area contributed by atoms with Crippen LogP contribution in [0, 0.1) is 11.3 Å². The summed E-state index contributed by atoms with van der Waals surface area (Å²) < 4.78 is 5.50. The zero-order valence-corrected chi connectivity index (χ0v) is 11.8. The van der Waals surface area contributed by atoms with E-state index in [1.807, 2.05) is 39.0 Å². The second-order valence-electron chi connectivity index (χ2n) is 5.52. The monoisotopic (exact) mass is 262 g/mol. The number of benzene rings is 1.